The van der Waals surface area contributed by atoms with Gasteiger partial charge in [0.2, 0.25) is 0 Å². The molecular weight excluding hydrogens is 432 g/mol. The van der Waals surface area contributed by atoms with E-state index in [1.54, 1.807) is 24.3 Å². The molecule has 172 valence electrons. The Balaban J connectivity index is 1.65. The van der Waals surface area contributed by atoms with E-state index >= 15 is 0 Å². The van der Waals surface area contributed by atoms with Gasteiger partial charge in [0.25, 0.3) is 11.8 Å². The molecule has 0 unspecified atom stereocenters. The first-order chi connectivity index (χ1) is 15.4. The van der Waals surface area contributed by atoms with Crippen LogP contribution in [-0.4, -0.2) is 33.5 Å². The van der Waals surface area contributed by atoms with E-state index in [1.165, 1.54) is 33.2 Å². The Kier molecular flexibility index (Phi) is 5.73. The number of nitrogens with zero attached hydrogens (tertiary/aromatic N) is 4. The van der Waals surface area contributed by atoms with Crippen LogP contribution < -0.4 is 4.57 Å². The third-order valence-electron chi connectivity index (χ3n) is 5.82. The summed E-state index contributed by atoms with van der Waals surface area (Å²) in [5.74, 6) is -0.475. The van der Waals surface area contributed by atoms with Gasteiger partial charge < -0.3 is 0 Å². The molecule has 33 heavy (non-hydrogen) atoms. The minimum Gasteiger partial charge on any atom is -0.274 e. The summed E-state index contributed by atoms with van der Waals surface area (Å²) in [5, 5.41) is 10.6. The zero-order chi connectivity index (χ0) is 24.1. The molecule has 0 bridgehead atoms. The van der Waals surface area contributed by atoms with Crippen LogP contribution in [0.25, 0.3) is 5.13 Å². The molecule has 0 aliphatic carbocycles. The predicted molar refractivity (Wildman–Crippen MR) is 129 cm³/mol. The molecule has 1 aromatic carbocycles. The number of amides is 2. The zero-order valence-corrected chi connectivity index (χ0v) is 21.2. The van der Waals surface area contributed by atoms with Gasteiger partial charge >= 0.3 is 5.13 Å². The van der Waals surface area contributed by atoms with E-state index in [0.29, 0.717) is 17.5 Å². The van der Waals surface area contributed by atoms with Gasteiger partial charge in [-0.05, 0) is 53.2 Å². The molecule has 0 fully saturated rings. The summed E-state index contributed by atoms with van der Waals surface area (Å²) >= 11 is 1.51. The van der Waals surface area contributed by atoms with Crippen molar-refractivity contribution in [3.05, 3.63) is 69.5 Å². The van der Waals surface area contributed by atoms with Gasteiger partial charge in [-0.1, -0.05) is 53.7 Å². The van der Waals surface area contributed by atoms with Crippen LogP contribution in [0.3, 0.4) is 0 Å². The lowest BCUT2D eigenvalue weighted by molar-refractivity contribution is -0.620. The van der Waals surface area contributed by atoms with E-state index in [1.807, 2.05) is 0 Å². The minimum atomic E-state index is -0.238. The van der Waals surface area contributed by atoms with Crippen molar-refractivity contribution in [2.24, 2.45) is 0 Å². The van der Waals surface area contributed by atoms with Gasteiger partial charge in [-0.15, -0.1) is 0 Å². The first-order valence-electron chi connectivity index (χ1n) is 11.2. The maximum atomic E-state index is 12.7. The molecule has 0 saturated heterocycles. The van der Waals surface area contributed by atoms with Crippen LogP contribution in [0.1, 0.15) is 84.2 Å². The zero-order valence-electron chi connectivity index (χ0n) is 20.4. The Morgan fingerprint density at radius 2 is 1.39 bits per heavy atom. The number of hydrogen-bond acceptors (Lipinski definition) is 5. The van der Waals surface area contributed by atoms with E-state index in [4.69, 9.17) is 0 Å². The number of aryl methyl sites for hydroxylation is 1. The van der Waals surface area contributed by atoms with Crippen molar-refractivity contribution < 1.29 is 14.2 Å². The number of hydrogen-bond donors (Lipinski definition) is 0. The van der Waals surface area contributed by atoms with Crippen molar-refractivity contribution in [2.45, 2.75) is 65.7 Å². The highest BCUT2D eigenvalue weighted by molar-refractivity contribution is 7.13. The van der Waals surface area contributed by atoms with E-state index in [0.717, 1.165) is 10.1 Å². The average Bonchev–Trinajstić information content (AvgIpc) is 3.28. The van der Waals surface area contributed by atoms with Crippen LogP contribution >= 0.6 is 11.3 Å². The summed E-state index contributed by atoms with van der Waals surface area (Å²) < 4.78 is 2.23. The van der Waals surface area contributed by atoms with Crippen molar-refractivity contribution in [3.63, 3.8) is 0 Å². The molecule has 0 spiro atoms. The second-order valence-electron chi connectivity index (χ2n) is 10.7. The van der Waals surface area contributed by atoms with Crippen molar-refractivity contribution in [1.82, 2.24) is 15.1 Å². The first kappa shape index (κ1) is 23.2. The number of carbonyl (C=O) groups excluding carboxylic acids is 2. The normalized spacial score (nSPS) is 14.2. The largest absolute Gasteiger partial charge is 0.415 e. The maximum Gasteiger partial charge on any atom is 0.415 e. The number of aromatic nitrogens is 3. The van der Waals surface area contributed by atoms with Crippen molar-refractivity contribution in [3.8, 4) is 5.13 Å². The average molecular weight is 464 g/mol. The molecule has 4 rings (SSSR count). The molecular formula is C26H31N4O2S+. The number of rotatable bonds is 4. The summed E-state index contributed by atoms with van der Waals surface area (Å²) in [6.45, 7) is 15.6. The summed E-state index contributed by atoms with van der Waals surface area (Å²) in [6.07, 6.45) is 0.477. The molecule has 6 nitrogen and oxygen atoms in total. The molecule has 3 heterocycles. The topological polar surface area (TPSA) is 67.0 Å². The van der Waals surface area contributed by atoms with Crippen molar-refractivity contribution in [1.29, 1.82) is 0 Å². The third-order valence-corrected chi connectivity index (χ3v) is 6.79. The van der Waals surface area contributed by atoms with Gasteiger partial charge in [0.05, 0.1) is 16.2 Å². The van der Waals surface area contributed by atoms with Gasteiger partial charge in [-0.25, -0.2) is 0 Å². The van der Waals surface area contributed by atoms with Crippen LogP contribution in [0.4, 0.5) is 0 Å². The SMILES string of the molecule is Cc1cc(C(C)(C)C)[n+](-c2nnc(CCN3C(=O)c4ccccc4C3=O)s2)c(C(C)(C)C)c1. The van der Waals surface area contributed by atoms with E-state index in [9.17, 15) is 9.59 Å². The molecule has 7 heteroatoms. The summed E-state index contributed by atoms with van der Waals surface area (Å²) in [5.41, 5.74) is 4.35. The number of imide groups is 1. The highest BCUT2D eigenvalue weighted by Crippen LogP contribution is 2.29. The summed E-state index contributed by atoms with van der Waals surface area (Å²) in [4.78, 5) is 26.6. The summed E-state index contributed by atoms with van der Waals surface area (Å²) in [6, 6.07) is 11.4. The predicted octanol–water partition coefficient (Wildman–Crippen LogP) is 4.56. The second-order valence-corrected chi connectivity index (χ2v) is 11.7. The highest BCUT2D eigenvalue weighted by atomic mass is 32.1. The van der Waals surface area contributed by atoms with E-state index in [2.05, 4.69) is 75.4 Å². The molecule has 0 atom stereocenters. The molecule has 1 aliphatic rings. The lowest BCUT2D eigenvalue weighted by Crippen LogP contribution is -2.48. The van der Waals surface area contributed by atoms with Gasteiger partial charge in [0.1, 0.15) is 11.4 Å². The lowest BCUT2D eigenvalue weighted by atomic mass is 9.86. The van der Waals surface area contributed by atoms with Crippen molar-refractivity contribution >= 4 is 23.2 Å². The van der Waals surface area contributed by atoms with Gasteiger partial charge in [-0.2, -0.15) is 4.57 Å². The fourth-order valence-corrected chi connectivity index (χ4v) is 4.98. The van der Waals surface area contributed by atoms with Crippen LogP contribution in [0.2, 0.25) is 0 Å². The Labute approximate surface area is 199 Å². The van der Waals surface area contributed by atoms with E-state index in [-0.39, 0.29) is 29.2 Å². The monoisotopic (exact) mass is 463 g/mol. The van der Waals surface area contributed by atoms with Crippen LogP contribution in [0.5, 0.6) is 0 Å². The van der Waals surface area contributed by atoms with Crippen LogP contribution in [-0.2, 0) is 17.3 Å². The number of benzene rings is 1. The standard InChI is InChI=1S/C26H31N4O2S/c1-16-14-19(25(2,3)4)30(20(15-16)26(5,6)7)24-28-27-21(33-24)12-13-29-22(31)17-10-8-9-11-18(17)23(29)32/h8-11,14-15H,12-13H2,1-7H3/q+1. The lowest BCUT2D eigenvalue weighted by Gasteiger charge is -2.26. The van der Waals surface area contributed by atoms with E-state index < -0.39 is 0 Å². The number of pyridine rings is 1. The molecule has 2 aromatic heterocycles. The molecule has 2 amide bonds. The molecule has 3 aromatic rings. The molecule has 0 N–H and O–H groups in total. The van der Waals surface area contributed by atoms with Gasteiger partial charge in [-0.3, -0.25) is 14.5 Å². The minimum absolute atomic E-state index is 0.0853. The fourth-order valence-electron chi connectivity index (χ4n) is 4.13. The van der Waals surface area contributed by atoms with Crippen LogP contribution in [0.15, 0.2) is 36.4 Å². The third kappa shape index (κ3) is 4.34. The molecule has 1 aliphatic heterocycles. The first-order valence-corrected chi connectivity index (χ1v) is 12.1. The smallest absolute Gasteiger partial charge is 0.274 e. The van der Waals surface area contributed by atoms with Gasteiger partial charge in [0, 0.05) is 23.8 Å². The number of fused-ring (bicyclic) bond motifs is 1. The molecule has 0 radical (unpaired) electrons. The Bertz CT molecular complexity index is 1180. The Hall–Kier alpha value is -2.93. The maximum absolute atomic E-state index is 12.7. The molecule has 0 saturated carbocycles. The highest BCUT2D eigenvalue weighted by Gasteiger charge is 2.36. The van der Waals surface area contributed by atoms with Crippen LogP contribution in [0, 0.1) is 6.92 Å². The fraction of sp³-hybridized carbons (Fsp3) is 0.423. The second kappa shape index (κ2) is 8.13. The Morgan fingerprint density at radius 3 is 1.88 bits per heavy atom. The summed E-state index contributed by atoms with van der Waals surface area (Å²) in [7, 11) is 0. The Morgan fingerprint density at radius 1 is 0.879 bits per heavy atom. The van der Waals surface area contributed by atoms with Crippen molar-refractivity contribution in [2.75, 3.05) is 6.54 Å². The quantitative estimate of drug-likeness (QED) is 0.420. The number of carbonyl (C=O) groups is 2. The van der Waals surface area contributed by atoms with Gasteiger partial charge in [0.15, 0.2) is 5.01 Å².